The summed E-state index contributed by atoms with van der Waals surface area (Å²) in [7, 11) is 0. The summed E-state index contributed by atoms with van der Waals surface area (Å²) in [4.78, 5) is 42.9. The van der Waals surface area contributed by atoms with E-state index in [9.17, 15) is 18.8 Å². The zero-order valence-corrected chi connectivity index (χ0v) is 23.0. The number of ether oxygens (including phenoxy) is 1. The van der Waals surface area contributed by atoms with Gasteiger partial charge in [0.25, 0.3) is 5.91 Å². The number of carbonyl (C=O) groups is 3. The Hall–Kier alpha value is -3.76. The molecule has 1 atom stereocenters. The van der Waals surface area contributed by atoms with Gasteiger partial charge in [-0.15, -0.1) is 0 Å². The van der Waals surface area contributed by atoms with Crippen LogP contribution in [0, 0.1) is 12.7 Å². The van der Waals surface area contributed by atoms with Crippen molar-refractivity contribution in [2.75, 3.05) is 26.2 Å². The van der Waals surface area contributed by atoms with Crippen LogP contribution in [0.5, 0.6) is 0 Å². The van der Waals surface area contributed by atoms with Crippen LogP contribution < -0.4 is 5.32 Å². The van der Waals surface area contributed by atoms with Crippen molar-refractivity contribution in [1.29, 1.82) is 0 Å². The van der Waals surface area contributed by atoms with Crippen molar-refractivity contribution >= 4 is 29.4 Å². The summed E-state index contributed by atoms with van der Waals surface area (Å²) in [6.45, 7) is 3.91. The molecule has 2 aliphatic rings. The summed E-state index contributed by atoms with van der Waals surface area (Å²) < 4.78 is 25.1. The number of hydrogen-bond donors (Lipinski definition) is 1. The lowest BCUT2D eigenvalue weighted by Crippen LogP contribution is -2.60. The molecule has 9 nitrogen and oxygen atoms in total. The van der Waals surface area contributed by atoms with E-state index in [-0.39, 0.29) is 65.7 Å². The minimum Gasteiger partial charge on any atom is -0.465 e. The highest BCUT2D eigenvalue weighted by atomic mass is 35.5. The second kappa shape index (κ2) is 11.4. The third-order valence-electron chi connectivity index (χ3n) is 7.55. The molecule has 1 unspecified atom stereocenters. The topological polar surface area (TPSA) is 105 Å². The highest BCUT2D eigenvalue weighted by Gasteiger charge is 2.52. The number of carbonyl (C=O) groups excluding carboxylic acids is 3. The van der Waals surface area contributed by atoms with E-state index >= 15 is 0 Å². The van der Waals surface area contributed by atoms with Crippen molar-refractivity contribution in [2.24, 2.45) is 0 Å². The number of hydrogen-bond acceptors (Lipinski definition) is 7. The number of likely N-dealkylation sites (tertiary alicyclic amines) is 1. The summed E-state index contributed by atoms with van der Waals surface area (Å²) in [5.74, 6) is -1.39. The van der Waals surface area contributed by atoms with Gasteiger partial charge in [0.1, 0.15) is 29.4 Å². The van der Waals surface area contributed by atoms with Crippen LogP contribution in [0.1, 0.15) is 41.4 Å². The van der Waals surface area contributed by atoms with Crippen LogP contribution in [0.3, 0.4) is 0 Å². The number of amides is 2. The Bertz CT molecular complexity index is 1400. The smallest absolute Gasteiger partial charge is 0.325 e. The second-order valence-electron chi connectivity index (χ2n) is 10.00. The summed E-state index contributed by atoms with van der Waals surface area (Å²) in [5, 5.41) is 7.56. The SMILES string of the molecule is CCOC(=O)CN1C(=O)C(Cc2ccccc2)NC12CCN(C(=O)c1c(-c3c(F)cccc3Cl)noc1C)CC2. The molecule has 40 heavy (non-hydrogen) atoms. The molecule has 1 N–H and O–H groups in total. The number of rotatable bonds is 7. The van der Waals surface area contributed by atoms with E-state index in [0.717, 1.165) is 5.56 Å². The Morgan fingerprint density at radius 3 is 2.58 bits per heavy atom. The lowest BCUT2D eigenvalue weighted by Gasteiger charge is -2.44. The zero-order valence-electron chi connectivity index (χ0n) is 22.3. The standard InChI is InChI=1S/C29H30ClFN4O5/c1-3-39-23(36)17-35-27(37)22(16-19-8-5-4-6-9-19)32-29(35)12-14-34(15-13-29)28(38)24-18(2)40-33-26(24)25-20(30)10-7-11-21(25)31/h4-11,22,32H,3,12-17H2,1-2H3. The first-order chi connectivity index (χ1) is 19.2. The predicted molar refractivity (Wildman–Crippen MR) is 145 cm³/mol. The van der Waals surface area contributed by atoms with Crippen molar-refractivity contribution in [3.05, 3.63) is 76.3 Å². The first kappa shape index (κ1) is 27.8. The predicted octanol–water partition coefficient (Wildman–Crippen LogP) is 3.98. The maximum atomic E-state index is 14.7. The first-order valence-electron chi connectivity index (χ1n) is 13.2. The van der Waals surface area contributed by atoms with Gasteiger partial charge in [-0.3, -0.25) is 19.7 Å². The molecule has 5 rings (SSSR count). The monoisotopic (exact) mass is 568 g/mol. The largest absolute Gasteiger partial charge is 0.465 e. The van der Waals surface area contributed by atoms with Gasteiger partial charge in [0.2, 0.25) is 5.91 Å². The van der Waals surface area contributed by atoms with E-state index in [0.29, 0.717) is 19.3 Å². The van der Waals surface area contributed by atoms with Crippen LogP contribution in [0.15, 0.2) is 53.1 Å². The van der Waals surface area contributed by atoms with Crippen molar-refractivity contribution in [2.45, 2.75) is 44.8 Å². The van der Waals surface area contributed by atoms with Gasteiger partial charge in [0.05, 0.1) is 28.9 Å². The second-order valence-corrected chi connectivity index (χ2v) is 10.4. The molecule has 2 saturated heterocycles. The number of esters is 1. The molecule has 2 aromatic carbocycles. The minimum absolute atomic E-state index is 0.00488. The normalized spacial score (nSPS) is 18.4. The molecule has 0 radical (unpaired) electrons. The highest BCUT2D eigenvalue weighted by Crippen LogP contribution is 2.37. The van der Waals surface area contributed by atoms with Crippen LogP contribution in [0.25, 0.3) is 11.3 Å². The average Bonchev–Trinajstić information content (AvgIpc) is 3.42. The molecule has 2 amide bonds. The lowest BCUT2D eigenvalue weighted by molar-refractivity contribution is -0.151. The van der Waals surface area contributed by atoms with Gasteiger partial charge >= 0.3 is 5.97 Å². The van der Waals surface area contributed by atoms with E-state index in [1.165, 1.54) is 18.2 Å². The highest BCUT2D eigenvalue weighted by molar-refractivity contribution is 6.33. The van der Waals surface area contributed by atoms with Gasteiger partial charge in [-0.1, -0.05) is 53.2 Å². The maximum absolute atomic E-state index is 14.7. The van der Waals surface area contributed by atoms with Gasteiger partial charge in [0.15, 0.2) is 0 Å². The Kier molecular flexibility index (Phi) is 7.91. The fourth-order valence-electron chi connectivity index (χ4n) is 5.59. The van der Waals surface area contributed by atoms with Crippen molar-refractivity contribution in [3.8, 4) is 11.3 Å². The van der Waals surface area contributed by atoms with E-state index < -0.39 is 23.5 Å². The van der Waals surface area contributed by atoms with Crippen LogP contribution in [0.2, 0.25) is 5.02 Å². The fraction of sp³-hybridized carbons (Fsp3) is 0.379. The van der Waals surface area contributed by atoms with Gasteiger partial charge in [-0.25, -0.2) is 4.39 Å². The number of piperidine rings is 1. The van der Waals surface area contributed by atoms with Crippen LogP contribution in [-0.2, 0) is 20.7 Å². The third-order valence-corrected chi connectivity index (χ3v) is 7.87. The Morgan fingerprint density at radius 2 is 1.90 bits per heavy atom. The van der Waals surface area contributed by atoms with Gasteiger partial charge in [-0.2, -0.15) is 0 Å². The third kappa shape index (κ3) is 5.21. The fourth-order valence-corrected chi connectivity index (χ4v) is 5.84. The number of aryl methyl sites for hydroxylation is 1. The first-order valence-corrected chi connectivity index (χ1v) is 13.6. The number of benzene rings is 2. The van der Waals surface area contributed by atoms with Crippen LogP contribution in [0.4, 0.5) is 4.39 Å². The maximum Gasteiger partial charge on any atom is 0.325 e. The van der Waals surface area contributed by atoms with Crippen molar-refractivity contribution in [3.63, 3.8) is 0 Å². The average molecular weight is 569 g/mol. The van der Waals surface area contributed by atoms with Crippen LogP contribution >= 0.6 is 11.6 Å². The molecule has 0 aliphatic carbocycles. The summed E-state index contributed by atoms with van der Waals surface area (Å²) in [5.41, 5.74) is 0.374. The lowest BCUT2D eigenvalue weighted by atomic mass is 9.94. The Labute approximate surface area is 236 Å². The minimum atomic E-state index is -0.818. The van der Waals surface area contributed by atoms with E-state index in [4.69, 9.17) is 20.9 Å². The molecule has 1 spiro atoms. The van der Waals surface area contributed by atoms with E-state index in [2.05, 4.69) is 10.5 Å². The number of halogens is 2. The summed E-state index contributed by atoms with van der Waals surface area (Å²) in [6.07, 6.45) is 1.24. The Morgan fingerprint density at radius 1 is 1.18 bits per heavy atom. The molecule has 0 bridgehead atoms. The summed E-state index contributed by atoms with van der Waals surface area (Å²) in [6, 6.07) is 13.4. The number of aromatic nitrogens is 1. The molecule has 1 aromatic heterocycles. The van der Waals surface area contributed by atoms with Crippen molar-refractivity contribution < 1.29 is 28.0 Å². The molecule has 3 heterocycles. The molecular weight excluding hydrogens is 539 g/mol. The number of nitrogens with one attached hydrogen (secondary N) is 1. The summed E-state index contributed by atoms with van der Waals surface area (Å²) >= 11 is 6.25. The zero-order chi connectivity index (χ0) is 28.4. The molecule has 2 aliphatic heterocycles. The van der Waals surface area contributed by atoms with Crippen molar-refractivity contribution in [1.82, 2.24) is 20.3 Å². The van der Waals surface area contributed by atoms with Gasteiger partial charge in [0, 0.05) is 25.9 Å². The van der Waals surface area contributed by atoms with E-state index in [1.807, 2.05) is 30.3 Å². The van der Waals surface area contributed by atoms with Crippen LogP contribution in [-0.4, -0.2) is 70.7 Å². The molecule has 210 valence electrons. The van der Waals surface area contributed by atoms with Gasteiger partial charge in [-0.05, 0) is 38.0 Å². The molecular formula is C29H30ClFN4O5. The quantitative estimate of drug-likeness (QED) is 0.430. The molecule has 11 heteroatoms. The molecule has 2 fully saturated rings. The van der Waals surface area contributed by atoms with E-state index in [1.54, 1.807) is 23.6 Å². The Balaban J connectivity index is 1.38. The molecule has 3 aromatic rings. The molecule has 0 saturated carbocycles. The number of nitrogens with zero attached hydrogens (tertiary/aromatic N) is 3. The van der Waals surface area contributed by atoms with Gasteiger partial charge < -0.3 is 19.1 Å².